The lowest BCUT2D eigenvalue weighted by Gasteiger charge is -2.27. The minimum Gasteiger partial charge on any atom is -0.378 e. The van der Waals surface area contributed by atoms with Gasteiger partial charge >= 0.3 is 0 Å². The molecule has 0 N–H and O–H groups in total. The Hall–Kier alpha value is -2.31. The lowest BCUT2D eigenvalue weighted by atomic mass is 10.0. The number of rotatable bonds is 7. The SMILES string of the molecule is Cn1c(SC(Cc2ccccc2)Cc2ccccc2)nnc1N1CCOCC1. The zero-order valence-electron chi connectivity index (χ0n) is 16.2. The monoisotopic (exact) mass is 394 g/mol. The molecule has 2 aromatic carbocycles. The van der Waals surface area contributed by atoms with E-state index in [9.17, 15) is 0 Å². The average molecular weight is 395 g/mol. The predicted molar refractivity (Wildman–Crippen MR) is 114 cm³/mol. The molecule has 6 heteroatoms. The first-order chi connectivity index (χ1) is 13.8. The summed E-state index contributed by atoms with van der Waals surface area (Å²) in [6.07, 6.45) is 2.00. The van der Waals surface area contributed by atoms with Gasteiger partial charge < -0.3 is 9.64 Å². The lowest BCUT2D eigenvalue weighted by Crippen LogP contribution is -2.37. The molecule has 1 saturated heterocycles. The Bertz CT molecular complexity index is 821. The molecule has 0 bridgehead atoms. The quantitative estimate of drug-likeness (QED) is 0.573. The van der Waals surface area contributed by atoms with Crippen molar-refractivity contribution in [1.82, 2.24) is 14.8 Å². The molecule has 0 atom stereocenters. The van der Waals surface area contributed by atoms with E-state index in [1.54, 1.807) is 0 Å². The highest BCUT2D eigenvalue weighted by molar-refractivity contribution is 7.99. The summed E-state index contributed by atoms with van der Waals surface area (Å²) in [5, 5.41) is 10.3. The van der Waals surface area contributed by atoms with Crippen LogP contribution in [-0.4, -0.2) is 46.3 Å². The Kier molecular flexibility index (Phi) is 6.29. The van der Waals surface area contributed by atoms with E-state index in [0.29, 0.717) is 5.25 Å². The second-order valence-corrected chi connectivity index (χ2v) is 8.33. The number of ether oxygens (including phenoxy) is 1. The molecule has 4 rings (SSSR count). The fourth-order valence-electron chi connectivity index (χ4n) is 3.51. The third-order valence-corrected chi connectivity index (χ3v) is 6.22. The van der Waals surface area contributed by atoms with Crippen LogP contribution in [0.15, 0.2) is 65.8 Å². The van der Waals surface area contributed by atoms with Gasteiger partial charge in [0.05, 0.1) is 13.2 Å². The lowest BCUT2D eigenvalue weighted by molar-refractivity contribution is 0.121. The van der Waals surface area contributed by atoms with Crippen LogP contribution in [0.2, 0.25) is 0 Å². The smallest absolute Gasteiger partial charge is 0.227 e. The molecule has 0 unspecified atom stereocenters. The molecule has 0 saturated carbocycles. The van der Waals surface area contributed by atoms with Crippen LogP contribution < -0.4 is 4.90 Å². The summed E-state index contributed by atoms with van der Waals surface area (Å²) >= 11 is 1.82. The fourth-order valence-corrected chi connectivity index (χ4v) is 4.68. The molecule has 5 nitrogen and oxygen atoms in total. The largest absolute Gasteiger partial charge is 0.378 e. The number of aromatic nitrogens is 3. The van der Waals surface area contributed by atoms with E-state index in [1.807, 2.05) is 11.8 Å². The number of benzene rings is 2. The molecule has 0 aliphatic carbocycles. The van der Waals surface area contributed by atoms with E-state index in [4.69, 9.17) is 4.74 Å². The summed E-state index contributed by atoms with van der Waals surface area (Å²) in [5.74, 6) is 0.934. The van der Waals surface area contributed by atoms with E-state index in [0.717, 1.165) is 50.2 Å². The van der Waals surface area contributed by atoms with Gasteiger partial charge in [-0.15, -0.1) is 10.2 Å². The number of hydrogen-bond donors (Lipinski definition) is 0. The topological polar surface area (TPSA) is 43.2 Å². The van der Waals surface area contributed by atoms with Gasteiger partial charge in [0, 0.05) is 25.4 Å². The summed E-state index contributed by atoms with van der Waals surface area (Å²) in [4.78, 5) is 2.25. The minimum atomic E-state index is 0.394. The molecule has 0 radical (unpaired) electrons. The summed E-state index contributed by atoms with van der Waals surface area (Å²) in [5.41, 5.74) is 2.71. The molecular weight excluding hydrogens is 368 g/mol. The van der Waals surface area contributed by atoms with Gasteiger partial charge in [0.1, 0.15) is 0 Å². The zero-order chi connectivity index (χ0) is 19.2. The Labute approximate surface area is 170 Å². The summed E-state index contributed by atoms with van der Waals surface area (Å²) in [6, 6.07) is 21.4. The molecule has 1 aromatic heterocycles. The van der Waals surface area contributed by atoms with Crippen LogP contribution in [0.1, 0.15) is 11.1 Å². The second kappa shape index (κ2) is 9.26. The van der Waals surface area contributed by atoms with Crippen LogP contribution in [-0.2, 0) is 24.6 Å². The maximum Gasteiger partial charge on any atom is 0.227 e. The minimum absolute atomic E-state index is 0.394. The van der Waals surface area contributed by atoms with Crippen molar-refractivity contribution in [2.75, 3.05) is 31.2 Å². The average Bonchev–Trinajstić information content (AvgIpc) is 3.10. The van der Waals surface area contributed by atoms with Gasteiger partial charge in [-0.05, 0) is 24.0 Å². The van der Waals surface area contributed by atoms with E-state index >= 15 is 0 Å². The highest BCUT2D eigenvalue weighted by atomic mass is 32.2. The summed E-state index contributed by atoms with van der Waals surface area (Å²) in [6.45, 7) is 3.24. The maximum atomic E-state index is 5.46. The maximum absolute atomic E-state index is 5.46. The van der Waals surface area contributed by atoms with Crippen LogP contribution in [0.25, 0.3) is 0 Å². The van der Waals surface area contributed by atoms with Crippen LogP contribution in [0.3, 0.4) is 0 Å². The normalized spacial score (nSPS) is 14.6. The Morgan fingerprint density at radius 1 is 0.893 bits per heavy atom. The molecule has 2 heterocycles. The zero-order valence-corrected chi connectivity index (χ0v) is 17.0. The molecule has 1 aliphatic heterocycles. The first-order valence-electron chi connectivity index (χ1n) is 9.76. The van der Waals surface area contributed by atoms with Crippen molar-refractivity contribution in [1.29, 1.82) is 0 Å². The third kappa shape index (κ3) is 4.75. The second-order valence-electron chi connectivity index (χ2n) is 7.06. The van der Waals surface area contributed by atoms with E-state index in [2.05, 4.69) is 87.4 Å². The van der Waals surface area contributed by atoms with Gasteiger partial charge in [-0.2, -0.15) is 0 Å². The van der Waals surface area contributed by atoms with Crippen molar-refractivity contribution >= 4 is 17.7 Å². The van der Waals surface area contributed by atoms with Crippen LogP contribution in [0.5, 0.6) is 0 Å². The van der Waals surface area contributed by atoms with Gasteiger partial charge in [-0.3, -0.25) is 4.57 Å². The van der Waals surface area contributed by atoms with Gasteiger partial charge in [-0.1, -0.05) is 72.4 Å². The van der Waals surface area contributed by atoms with E-state index < -0.39 is 0 Å². The van der Waals surface area contributed by atoms with Crippen molar-refractivity contribution in [2.45, 2.75) is 23.2 Å². The number of morpholine rings is 1. The Morgan fingerprint density at radius 3 is 2.04 bits per heavy atom. The standard InChI is InChI=1S/C22H26N4OS/c1-25-21(26-12-14-27-15-13-26)23-24-22(25)28-20(16-18-8-4-2-5-9-18)17-19-10-6-3-7-11-19/h2-11,20H,12-17H2,1H3. The summed E-state index contributed by atoms with van der Waals surface area (Å²) in [7, 11) is 2.06. The molecule has 0 spiro atoms. The van der Waals surface area contributed by atoms with Crippen LogP contribution in [0.4, 0.5) is 5.95 Å². The van der Waals surface area contributed by atoms with Crippen LogP contribution in [0, 0.1) is 0 Å². The Balaban J connectivity index is 1.52. The highest BCUT2D eigenvalue weighted by Crippen LogP contribution is 2.29. The van der Waals surface area contributed by atoms with Gasteiger partial charge in [-0.25, -0.2) is 0 Å². The van der Waals surface area contributed by atoms with Crippen molar-refractivity contribution in [2.24, 2.45) is 7.05 Å². The predicted octanol–water partition coefficient (Wildman–Crippen LogP) is 3.60. The van der Waals surface area contributed by atoms with Gasteiger partial charge in [0.15, 0.2) is 5.16 Å². The van der Waals surface area contributed by atoms with E-state index in [1.165, 1.54) is 11.1 Å². The van der Waals surface area contributed by atoms with E-state index in [-0.39, 0.29) is 0 Å². The number of thioether (sulfide) groups is 1. The third-order valence-electron chi connectivity index (χ3n) is 4.99. The highest BCUT2D eigenvalue weighted by Gasteiger charge is 2.21. The first kappa shape index (κ1) is 19.0. The molecule has 3 aromatic rings. The Morgan fingerprint density at radius 2 is 1.46 bits per heavy atom. The molecule has 0 amide bonds. The van der Waals surface area contributed by atoms with Crippen molar-refractivity contribution < 1.29 is 4.74 Å². The number of hydrogen-bond acceptors (Lipinski definition) is 5. The molecule has 28 heavy (non-hydrogen) atoms. The van der Waals surface area contributed by atoms with Gasteiger partial charge in [0.25, 0.3) is 0 Å². The fraction of sp³-hybridized carbons (Fsp3) is 0.364. The summed E-state index contributed by atoms with van der Waals surface area (Å²) < 4.78 is 7.58. The first-order valence-corrected chi connectivity index (χ1v) is 10.6. The number of nitrogens with zero attached hydrogens (tertiary/aromatic N) is 4. The number of anilines is 1. The molecule has 146 valence electrons. The van der Waals surface area contributed by atoms with Crippen molar-refractivity contribution in [3.05, 3.63) is 71.8 Å². The molecule has 1 aliphatic rings. The van der Waals surface area contributed by atoms with Gasteiger partial charge in [0.2, 0.25) is 5.95 Å². The van der Waals surface area contributed by atoms with Crippen molar-refractivity contribution in [3.63, 3.8) is 0 Å². The molecular formula is C22H26N4OS. The molecule has 1 fully saturated rings. The van der Waals surface area contributed by atoms with Crippen molar-refractivity contribution in [3.8, 4) is 0 Å². The van der Waals surface area contributed by atoms with Crippen LogP contribution >= 0.6 is 11.8 Å².